The minimum Gasteiger partial charge on any atom is -0.384 e. The predicted molar refractivity (Wildman–Crippen MR) is 77.6 cm³/mol. The first-order chi connectivity index (χ1) is 9.50. The van der Waals surface area contributed by atoms with E-state index in [4.69, 9.17) is 11.6 Å². The molecule has 0 saturated carbocycles. The summed E-state index contributed by atoms with van der Waals surface area (Å²) in [5.41, 5.74) is -0.159. The highest BCUT2D eigenvalue weighted by molar-refractivity contribution is 6.31. The van der Waals surface area contributed by atoms with E-state index in [-0.39, 0.29) is 12.5 Å². The fourth-order valence-electron chi connectivity index (χ4n) is 1.85. The Hall–Kier alpha value is -1.91. The third-order valence-electron chi connectivity index (χ3n) is 2.99. The molecule has 2 rings (SSSR count). The van der Waals surface area contributed by atoms with Crippen LogP contribution < -0.4 is 5.32 Å². The summed E-state index contributed by atoms with van der Waals surface area (Å²) >= 11 is 6.06. The van der Waals surface area contributed by atoms with Crippen LogP contribution in [0.15, 0.2) is 48.8 Å². The summed E-state index contributed by atoms with van der Waals surface area (Å²) in [5, 5.41) is 13.6. The lowest BCUT2D eigenvalue weighted by molar-refractivity contribution is 0.0527. The summed E-state index contributed by atoms with van der Waals surface area (Å²) in [5.74, 6) is -0.264. The van der Waals surface area contributed by atoms with E-state index >= 15 is 0 Å². The molecule has 0 fully saturated rings. The lowest BCUT2D eigenvalue weighted by Crippen LogP contribution is -2.38. The predicted octanol–water partition coefficient (Wildman–Crippen LogP) is 2.37. The van der Waals surface area contributed by atoms with Crippen molar-refractivity contribution in [3.63, 3.8) is 0 Å². The molecule has 0 radical (unpaired) electrons. The Morgan fingerprint density at radius 1 is 1.30 bits per heavy atom. The maximum atomic E-state index is 11.9. The van der Waals surface area contributed by atoms with Crippen LogP contribution in [0.4, 0.5) is 0 Å². The number of halogens is 1. The lowest BCUT2D eigenvalue weighted by Gasteiger charge is -2.25. The van der Waals surface area contributed by atoms with Gasteiger partial charge in [0.1, 0.15) is 5.60 Å². The molecule has 0 aliphatic rings. The molecule has 0 unspecified atom stereocenters. The van der Waals surface area contributed by atoms with Gasteiger partial charge in [-0.3, -0.25) is 9.78 Å². The van der Waals surface area contributed by atoms with Crippen LogP contribution in [-0.2, 0) is 5.60 Å². The van der Waals surface area contributed by atoms with Crippen LogP contribution >= 0.6 is 11.6 Å². The van der Waals surface area contributed by atoms with E-state index in [1.165, 1.54) is 0 Å². The number of carbonyl (C=O) groups is 1. The van der Waals surface area contributed by atoms with Crippen LogP contribution in [-0.4, -0.2) is 22.5 Å². The number of nitrogens with one attached hydrogen (secondary N) is 1. The molecular weight excluding hydrogens is 276 g/mol. The molecule has 1 aromatic carbocycles. The first kappa shape index (κ1) is 14.5. The number of pyridine rings is 1. The van der Waals surface area contributed by atoms with E-state index in [2.05, 4.69) is 10.3 Å². The van der Waals surface area contributed by atoms with Crippen molar-refractivity contribution in [2.45, 2.75) is 12.5 Å². The largest absolute Gasteiger partial charge is 0.384 e. The van der Waals surface area contributed by atoms with Crippen molar-refractivity contribution in [1.82, 2.24) is 10.3 Å². The fraction of sp³-hybridized carbons (Fsp3) is 0.200. The molecule has 0 saturated heterocycles. The summed E-state index contributed by atoms with van der Waals surface area (Å²) in [6.07, 6.45) is 3.09. The minimum atomic E-state index is -1.24. The van der Waals surface area contributed by atoms with Crippen molar-refractivity contribution in [3.8, 4) is 0 Å². The monoisotopic (exact) mass is 290 g/mol. The van der Waals surface area contributed by atoms with Gasteiger partial charge in [0.2, 0.25) is 0 Å². The summed E-state index contributed by atoms with van der Waals surface area (Å²) in [7, 11) is 0. The van der Waals surface area contributed by atoms with Gasteiger partial charge in [-0.15, -0.1) is 0 Å². The minimum absolute atomic E-state index is 0.0674. The van der Waals surface area contributed by atoms with Crippen molar-refractivity contribution in [1.29, 1.82) is 0 Å². The molecule has 0 bridgehead atoms. The Kier molecular flexibility index (Phi) is 4.37. The zero-order valence-corrected chi connectivity index (χ0v) is 11.8. The van der Waals surface area contributed by atoms with E-state index in [0.717, 1.165) is 0 Å². The number of carbonyl (C=O) groups excluding carboxylic acids is 1. The van der Waals surface area contributed by atoms with Gasteiger partial charge in [-0.2, -0.15) is 0 Å². The molecule has 104 valence electrons. The molecule has 0 aliphatic heterocycles. The molecule has 4 nitrogen and oxygen atoms in total. The van der Waals surface area contributed by atoms with Gasteiger partial charge in [-0.05, 0) is 25.1 Å². The molecule has 1 aromatic heterocycles. The van der Waals surface area contributed by atoms with Gasteiger partial charge in [0, 0.05) is 28.5 Å². The second kappa shape index (κ2) is 6.03. The average Bonchev–Trinajstić information content (AvgIpc) is 2.46. The quantitative estimate of drug-likeness (QED) is 0.909. The smallest absolute Gasteiger partial charge is 0.251 e. The second-order valence-corrected chi connectivity index (χ2v) is 5.08. The van der Waals surface area contributed by atoms with Crippen LogP contribution in [0, 0.1) is 0 Å². The Balaban J connectivity index is 2.07. The number of hydrogen-bond donors (Lipinski definition) is 2. The van der Waals surface area contributed by atoms with Gasteiger partial charge in [-0.25, -0.2) is 0 Å². The van der Waals surface area contributed by atoms with Gasteiger partial charge >= 0.3 is 0 Å². The van der Waals surface area contributed by atoms with Crippen molar-refractivity contribution in [2.75, 3.05) is 6.54 Å². The Bertz CT molecular complexity index is 600. The zero-order valence-electron chi connectivity index (χ0n) is 11.0. The van der Waals surface area contributed by atoms with E-state index in [1.807, 2.05) is 0 Å². The Morgan fingerprint density at radius 3 is 2.60 bits per heavy atom. The first-order valence-corrected chi connectivity index (χ1v) is 6.54. The Morgan fingerprint density at radius 2 is 1.95 bits per heavy atom. The molecule has 2 N–H and O–H groups in total. The highest BCUT2D eigenvalue weighted by Gasteiger charge is 2.26. The molecule has 1 atom stereocenters. The third-order valence-corrected chi connectivity index (χ3v) is 3.32. The number of aliphatic hydroxyl groups is 1. The van der Waals surface area contributed by atoms with E-state index in [9.17, 15) is 9.90 Å². The average molecular weight is 291 g/mol. The molecule has 0 aliphatic carbocycles. The molecular formula is C15H15ClN2O2. The van der Waals surface area contributed by atoms with Crippen LogP contribution in [0.1, 0.15) is 22.8 Å². The summed E-state index contributed by atoms with van der Waals surface area (Å²) in [6.45, 7) is 1.68. The van der Waals surface area contributed by atoms with Crippen molar-refractivity contribution >= 4 is 17.5 Å². The van der Waals surface area contributed by atoms with E-state index in [1.54, 1.807) is 55.7 Å². The lowest BCUT2D eigenvalue weighted by atomic mass is 9.96. The highest BCUT2D eigenvalue weighted by Crippen LogP contribution is 2.27. The topological polar surface area (TPSA) is 62.2 Å². The van der Waals surface area contributed by atoms with Crippen LogP contribution in [0.5, 0.6) is 0 Å². The number of aromatic nitrogens is 1. The molecule has 5 heteroatoms. The van der Waals surface area contributed by atoms with Crippen molar-refractivity contribution in [2.24, 2.45) is 0 Å². The Labute approximate surface area is 122 Å². The van der Waals surface area contributed by atoms with Gasteiger partial charge < -0.3 is 10.4 Å². The van der Waals surface area contributed by atoms with Gasteiger partial charge in [0.05, 0.1) is 6.54 Å². The standard InChI is InChI=1S/C15H15ClN2O2/c1-15(20,12-4-2-3-5-13(12)16)10-18-14(19)11-6-8-17-9-7-11/h2-9,20H,10H2,1H3,(H,18,19)/t15-/m0/s1. The highest BCUT2D eigenvalue weighted by atomic mass is 35.5. The first-order valence-electron chi connectivity index (χ1n) is 6.16. The summed E-state index contributed by atoms with van der Waals surface area (Å²) < 4.78 is 0. The molecule has 1 amide bonds. The molecule has 2 aromatic rings. The van der Waals surface area contributed by atoms with E-state index < -0.39 is 5.60 Å². The number of amides is 1. The number of benzene rings is 1. The van der Waals surface area contributed by atoms with E-state index in [0.29, 0.717) is 16.1 Å². The molecule has 20 heavy (non-hydrogen) atoms. The molecule has 1 heterocycles. The van der Waals surface area contributed by atoms with Gasteiger partial charge in [0.15, 0.2) is 0 Å². The number of nitrogens with zero attached hydrogens (tertiary/aromatic N) is 1. The van der Waals surface area contributed by atoms with Gasteiger partial charge in [-0.1, -0.05) is 29.8 Å². The number of rotatable bonds is 4. The maximum absolute atomic E-state index is 11.9. The normalized spacial score (nSPS) is 13.6. The summed E-state index contributed by atoms with van der Waals surface area (Å²) in [6, 6.07) is 10.2. The van der Waals surface area contributed by atoms with Crippen LogP contribution in [0.3, 0.4) is 0 Å². The maximum Gasteiger partial charge on any atom is 0.251 e. The fourth-order valence-corrected chi connectivity index (χ4v) is 2.19. The SMILES string of the molecule is C[C@](O)(CNC(=O)c1ccncc1)c1ccccc1Cl. The van der Waals surface area contributed by atoms with Crippen LogP contribution in [0.2, 0.25) is 5.02 Å². The summed E-state index contributed by atoms with van der Waals surface area (Å²) in [4.78, 5) is 15.8. The number of hydrogen-bond acceptors (Lipinski definition) is 3. The third kappa shape index (κ3) is 3.35. The second-order valence-electron chi connectivity index (χ2n) is 4.67. The van der Waals surface area contributed by atoms with Crippen molar-refractivity contribution < 1.29 is 9.90 Å². The molecule has 0 spiro atoms. The van der Waals surface area contributed by atoms with Crippen molar-refractivity contribution in [3.05, 3.63) is 64.9 Å². The zero-order chi connectivity index (χ0) is 14.6. The van der Waals surface area contributed by atoms with Gasteiger partial charge in [0.25, 0.3) is 5.91 Å². The van der Waals surface area contributed by atoms with Crippen LogP contribution in [0.25, 0.3) is 0 Å².